The van der Waals surface area contributed by atoms with Gasteiger partial charge in [0, 0.05) is 30.8 Å². The molecular formula is C27H28F4N6O5S. The van der Waals surface area contributed by atoms with Gasteiger partial charge in [0.15, 0.2) is 5.75 Å². The second kappa shape index (κ2) is 11.0. The molecule has 2 fully saturated rings. The monoisotopic (exact) mass is 624 g/mol. The molecule has 3 aromatic rings. The van der Waals surface area contributed by atoms with Gasteiger partial charge < -0.3 is 18.9 Å². The number of carbonyl (C=O) groups excluding carboxylic acids is 1. The smallest absolute Gasteiger partial charge is 0.486 e. The minimum Gasteiger partial charge on any atom is -0.486 e. The first kappa shape index (κ1) is 29.3. The molecule has 2 atom stereocenters. The summed E-state index contributed by atoms with van der Waals surface area (Å²) in [6.07, 6.45) is 2.68. The Labute approximate surface area is 244 Å². The minimum atomic E-state index is -5.20. The number of rotatable bonds is 6. The molecule has 0 aliphatic carbocycles. The Kier molecular flexibility index (Phi) is 7.52. The van der Waals surface area contributed by atoms with Gasteiger partial charge >= 0.3 is 12.1 Å². The van der Waals surface area contributed by atoms with Gasteiger partial charge in [0.05, 0.1) is 37.6 Å². The highest BCUT2D eigenvalue weighted by Crippen LogP contribution is 2.50. The molecule has 43 heavy (non-hydrogen) atoms. The molecule has 0 spiro atoms. The van der Waals surface area contributed by atoms with Crippen molar-refractivity contribution in [3.63, 3.8) is 0 Å². The van der Waals surface area contributed by atoms with Crippen LogP contribution in [0.25, 0.3) is 11.3 Å². The number of carbonyl (C=O) groups is 1. The van der Waals surface area contributed by atoms with Crippen LogP contribution >= 0.6 is 0 Å². The topological polar surface area (TPSA) is 120 Å². The molecule has 2 aromatic heterocycles. The van der Waals surface area contributed by atoms with Crippen molar-refractivity contribution in [1.29, 1.82) is 0 Å². The summed E-state index contributed by atoms with van der Waals surface area (Å²) in [5, 5.41) is 0. The Bertz CT molecular complexity index is 1620. The fourth-order valence-electron chi connectivity index (χ4n) is 6.12. The number of esters is 1. The highest BCUT2D eigenvalue weighted by molar-refractivity contribution is 7.88. The summed E-state index contributed by atoms with van der Waals surface area (Å²) in [5.41, 5.74) is 0.806. The van der Waals surface area contributed by atoms with E-state index in [2.05, 4.69) is 19.7 Å². The maximum Gasteiger partial charge on any atom is 0.491 e. The van der Waals surface area contributed by atoms with Crippen molar-refractivity contribution in [2.45, 2.75) is 44.0 Å². The lowest BCUT2D eigenvalue weighted by Gasteiger charge is -2.35. The van der Waals surface area contributed by atoms with Crippen molar-refractivity contribution in [1.82, 2.24) is 23.8 Å². The number of hydrogen-bond donors (Lipinski definition) is 0. The number of alkyl halides is 3. The van der Waals surface area contributed by atoms with Crippen LogP contribution in [0.2, 0.25) is 0 Å². The molecule has 6 rings (SSSR count). The van der Waals surface area contributed by atoms with E-state index in [1.54, 1.807) is 23.0 Å². The van der Waals surface area contributed by atoms with E-state index in [9.17, 15) is 26.4 Å². The molecule has 2 saturated heterocycles. The van der Waals surface area contributed by atoms with Gasteiger partial charge in [-0.05, 0) is 37.7 Å². The molecule has 3 aliphatic rings. The number of halogens is 4. The number of sulfonamides is 1. The fraction of sp³-hybridized carbons (Fsp3) is 0.481. The minimum absolute atomic E-state index is 0.0970. The average Bonchev–Trinajstić information content (AvgIpc) is 3.52. The first-order valence-corrected chi connectivity index (χ1v) is 15.6. The molecule has 0 radical (unpaired) electrons. The zero-order chi connectivity index (χ0) is 30.5. The van der Waals surface area contributed by atoms with Crippen molar-refractivity contribution < 1.29 is 40.2 Å². The Morgan fingerprint density at radius 3 is 2.44 bits per heavy atom. The van der Waals surface area contributed by atoms with Gasteiger partial charge in [0.25, 0.3) is 0 Å². The first-order chi connectivity index (χ1) is 20.4. The predicted octanol–water partition coefficient (Wildman–Crippen LogP) is 3.57. The van der Waals surface area contributed by atoms with Crippen molar-refractivity contribution in [3.05, 3.63) is 48.3 Å². The van der Waals surface area contributed by atoms with E-state index in [1.165, 1.54) is 29.0 Å². The van der Waals surface area contributed by atoms with Gasteiger partial charge in [-0.1, -0.05) is 12.1 Å². The molecule has 16 heteroatoms. The first-order valence-electron chi connectivity index (χ1n) is 13.7. The third-order valence-corrected chi connectivity index (χ3v) is 9.35. The van der Waals surface area contributed by atoms with Crippen LogP contribution in [-0.2, 0) is 14.8 Å². The van der Waals surface area contributed by atoms with E-state index in [1.807, 2.05) is 4.90 Å². The number of hydrogen-bond acceptors (Lipinski definition) is 9. The van der Waals surface area contributed by atoms with Crippen molar-refractivity contribution in [2.75, 3.05) is 37.3 Å². The van der Waals surface area contributed by atoms with Crippen LogP contribution in [0.5, 0.6) is 11.6 Å². The van der Waals surface area contributed by atoms with E-state index >= 15 is 4.39 Å². The molecule has 0 N–H and O–H groups in total. The van der Waals surface area contributed by atoms with Crippen LogP contribution in [0.15, 0.2) is 36.9 Å². The van der Waals surface area contributed by atoms with Crippen LogP contribution in [0.3, 0.4) is 0 Å². The second-order valence-corrected chi connectivity index (χ2v) is 12.9. The number of piperidine rings is 2. The zero-order valence-corrected chi connectivity index (χ0v) is 23.8. The van der Waals surface area contributed by atoms with Gasteiger partial charge in [-0.2, -0.15) is 17.5 Å². The van der Waals surface area contributed by atoms with Crippen LogP contribution < -0.4 is 14.4 Å². The van der Waals surface area contributed by atoms with E-state index in [4.69, 9.17) is 4.74 Å². The number of nitrogens with zero attached hydrogens (tertiary/aromatic N) is 6. The van der Waals surface area contributed by atoms with Crippen molar-refractivity contribution in [3.8, 4) is 22.9 Å². The lowest BCUT2D eigenvalue weighted by molar-refractivity contribution is -0.189. The van der Waals surface area contributed by atoms with Gasteiger partial charge in [-0.25, -0.2) is 32.6 Å². The summed E-state index contributed by atoms with van der Waals surface area (Å²) in [6.45, 7) is 1.82. The maximum absolute atomic E-state index is 15.2. The summed E-state index contributed by atoms with van der Waals surface area (Å²) in [4.78, 5) is 26.3. The Morgan fingerprint density at radius 1 is 1.05 bits per heavy atom. The third-order valence-electron chi connectivity index (χ3n) is 8.08. The van der Waals surface area contributed by atoms with E-state index in [0.29, 0.717) is 61.7 Å². The van der Waals surface area contributed by atoms with Gasteiger partial charge in [0.1, 0.15) is 17.6 Å². The largest absolute Gasteiger partial charge is 0.491 e. The Hall–Kier alpha value is -3.79. The predicted molar refractivity (Wildman–Crippen MR) is 144 cm³/mol. The van der Waals surface area contributed by atoms with E-state index in [0.717, 1.165) is 6.42 Å². The maximum atomic E-state index is 15.2. The van der Waals surface area contributed by atoms with Crippen molar-refractivity contribution in [2.24, 2.45) is 5.92 Å². The molecule has 3 aliphatic heterocycles. The van der Waals surface area contributed by atoms with Crippen LogP contribution in [-0.4, -0.2) is 82.9 Å². The van der Waals surface area contributed by atoms with Gasteiger partial charge in [-0.3, -0.25) is 0 Å². The molecule has 5 heterocycles. The quantitative estimate of drug-likeness (QED) is 0.300. The highest BCUT2D eigenvalue weighted by Gasteiger charge is 2.45. The molecule has 0 saturated carbocycles. The van der Waals surface area contributed by atoms with Crippen molar-refractivity contribution >= 4 is 21.9 Å². The summed E-state index contributed by atoms with van der Waals surface area (Å²) in [7, 11) is -3.30. The van der Waals surface area contributed by atoms with E-state index in [-0.39, 0.29) is 24.3 Å². The van der Waals surface area contributed by atoms with E-state index < -0.39 is 39.9 Å². The number of ether oxygens (including phenoxy) is 2. The summed E-state index contributed by atoms with van der Waals surface area (Å²) < 4.78 is 91.0. The Balaban J connectivity index is 1.14. The van der Waals surface area contributed by atoms with Gasteiger partial charge in [0.2, 0.25) is 21.9 Å². The molecule has 230 valence electrons. The number of aromatic nitrogens is 4. The van der Waals surface area contributed by atoms with Gasteiger partial charge in [-0.15, -0.1) is 0 Å². The molecule has 0 bridgehead atoms. The zero-order valence-electron chi connectivity index (χ0n) is 23.0. The standard InChI is InChI=1S/C27H28F4N6O5S/c1-43(39,40)36-9-3-4-17(14-36)41-18-12-32-26(33-13-18)35-10-7-16(8-11-35)22-21-19(5-2-6-20(21)28)23-24(34-15-37(22)23)42-25(38)27(29,30)31/h2,5-6,12-13,15-17,22H,3-4,7-11,14H2,1H3. The molecule has 0 amide bonds. The number of benzene rings is 1. The lowest BCUT2D eigenvalue weighted by Crippen LogP contribution is -2.43. The molecular weight excluding hydrogens is 596 g/mol. The van der Waals surface area contributed by atoms with Crippen LogP contribution in [0.1, 0.15) is 37.3 Å². The number of anilines is 1. The third kappa shape index (κ3) is 5.77. The highest BCUT2D eigenvalue weighted by atomic mass is 32.2. The summed E-state index contributed by atoms with van der Waals surface area (Å²) >= 11 is 0. The molecule has 2 unspecified atom stereocenters. The van der Waals surface area contributed by atoms with Crippen LogP contribution in [0.4, 0.5) is 23.5 Å². The van der Waals surface area contributed by atoms with Crippen LogP contribution in [0, 0.1) is 11.7 Å². The second-order valence-electron chi connectivity index (χ2n) is 10.9. The average molecular weight is 625 g/mol. The number of imidazole rings is 1. The summed E-state index contributed by atoms with van der Waals surface area (Å²) in [5.74, 6) is -2.59. The fourth-order valence-corrected chi connectivity index (χ4v) is 7.02. The Morgan fingerprint density at radius 2 is 1.77 bits per heavy atom. The normalized spacial score (nSPS) is 21.4. The SMILES string of the molecule is CS(=O)(=O)N1CCCC(Oc2cnc(N3CCC(C4c5c(F)cccc5-c5c(OC(=O)C(F)(F)F)ncn54)CC3)nc2)C1. The molecule has 1 aromatic carbocycles. The lowest BCUT2D eigenvalue weighted by atomic mass is 9.85. The molecule has 11 nitrogen and oxygen atoms in total. The number of fused-ring (bicyclic) bond motifs is 3. The summed E-state index contributed by atoms with van der Waals surface area (Å²) in [6, 6.07) is 3.78.